The number of piperidine rings is 1. The Balaban J connectivity index is 1.27. The Morgan fingerprint density at radius 1 is 1.16 bits per heavy atom. The lowest BCUT2D eigenvalue weighted by atomic mass is 9.76. The van der Waals surface area contributed by atoms with Crippen molar-refractivity contribution in [1.82, 2.24) is 19.9 Å². The van der Waals surface area contributed by atoms with Crippen molar-refractivity contribution < 1.29 is 9.53 Å². The quantitative estimate of drug-likeness (QED) is 0.800. The van der Waals surface area contributed by atoms with E-state index in [2.05, 4.69) is 14.9 Å². The maximum absolute atomic E-state index is 12.8. The van der Waals surface area contributed by atoms with E-state index in [-0.39, 0.29) is 16.9 Å². The van der Waals surface area contributed by atoms with E-state index in [9.17, 15) is 9.59 Å². The number of rotatable bonds is 4. The van der Waals surface area contributed by atoms with Crippen LogP contribution in [0.15, 0.2) is 29.3 Å². The molecule has 0 aromatic carbocycles. The molecule has 1 spiro atoms. The molecule has 31 heavy (non-hydrogen) atoms. The highest BCUT2D eigenvalue weighted by Crippen LogP contribution is 2.44. The largest absolute Gasteiger partial charge is 0.378 e. The van der Waals surface area contributed by atoms with Gasteiger partial charge in [-0.05, 0) is 43.7 Å². The molecule has 3 aliphatic rings. The van der Waals surface area contributed by atoms with Gasteiger partial charge in [-0.25, -0.2) is 4.98 Å². The first-order chi connectivity index (χ1) is 15.1. The molecule has 5 rings (SSSR count). The van der Waals surface area contributed by atoms with Crippen LogP contribution >= 0.6 is 0 Å². The van der Waals surface area contributed by atoms with Crippen molar-refractivity contribution in [3.63, 3.8) is 0 Å². The molecule has 0 atom stereocenters. The number of hydrogen-bond acceptors (Lipinski definition) is 6. The molecule has 8 heteroatoms. The zero-order valence-corrected chi connectivity index (χ0v) is 17.8. The second-order valence-electron chi connectivity index (χ2n) is 8.84. The molecule has 1 aliphatic carbocycles. The number of fused-ring (bicyclic) bond motifs is 2. The summed E-state index contributed by atoms with van der Waals surface area (Å²) in [6.45, 7) is 4.26. The number of hydrogen-bond donors (Lipinski definition) is 1. The summed E-state index contributed by atoms with van der Waals surface area (Å²) < 4.78 is 5.43. The maximum atomic E-state index is 12.8. The SMILES string of the molecule is O=C(CCc1cccnc1)N1CCC2(CCc3c2nc(N2CCOCC2)[nH]c3=O)CC1. The van der Waals surface area contributed by atoms with Gasteiger partial charge in [-0.1, -0.05) is 6.07 Å². The fraction of sp³-hybridized carbons (Fsp3) is 0.565. The maximum Gasteiger partial charge on any atom is 0.255 e. The third-order valence-corrected chi connectivity index (χ3v) is 7.09. The van der Waals surface area contributed by atoms with Crippen LogP contribution in [-0.2, 0) is 27.8 Å². The van der Waals surface area contributed by atoms with Gasteiger partial charge in [0.1, 0.15) is 0 Å². The summed E-state index contributed by atoms with van der Waals surface area (Å²) in [4.78, 5) is 41.7. The molecule has 4 heterocycles. The molecule has 2 aromatic heterocycles. The Labute approximate surface area is 181 Å². The lowest BCUT2D eigenvalue weighted by Crippen LogP contribution is -2.45. The van der Waals surface area contributed by atoms with E-state index in [0.717, 1.165) is 75.1 Å². The van der Waals surface area contributed by atoms with Crippen LogP contribution in [0.3, 0.4) is 0 Å². The number of nitrogens with one attached hydrogen (secondary N) is 1. The Hall–Kier alpha value is -2.74. The van der Waals surface area contributed by atoms with Crippen molar-refractivity contribution in [2.45, 2.75) is 43.9 Å². The minimum atomic E-state index is -0.0786. The number of nitrogens with zero attached hydrogens (tertiary/aromatic N) is 4. The van der Waals surface area contributed by atoms with Gasteiger partial charge in [0.15, 0.2) is 0 Å². The van der Waals surface area contributed by atoms with Crippen molar-refractivity contribution in [1.29, 1.82) is 0 Å². The predicted molar refractivity (Wildman–Crippen MR) is 116 cm³/mol. The van der Waals surface area contributed by atoms with E-state index in [1.54, 1.807) is 6.20 Å². The highest BCUT2D eigenvalue weighted by molar-refractivity contribution is 5.76. The Morgan fingerprint density at radius 2 is 1.97 bits per heavy atom. The van der Waals surface area contributed by atoms with Crippen molar-refractivity contribution in [3.8, 4) is 0 Å². The summed E-state index contributed by atoms with van der Waals surface area (Å²) in [6.07, 6.45) is 8.26. The van der Waals surface area contributed by atoms with E-state index in [1.165, 1.54) is 0 Å². The summed E-state index contributed by atoms with van der Waals surface area (Å²) in [5.41, 5.74) is 2.82. The predicted octanol–water partition coefficient (Wildman–Crippen LogP) is 1.44. The molecular weight excluding hydrogens is 394 g/mol. The number of morpholine rings is 1. The third-order valence-electron chi connectivity index (χ3n) is 7.09. The summed E-state index contributed by atoms with van der Waals surface area (Å²) in [5, 5.41) is 0. The van der Waals surface area contributed by atoms with Gasteiger partial charge in [-0.2, -0.15) is 0 Å². The van der Waals surface area contributed by atoms with Crippen LogP contribution in [0.4, 0.5) is 5.95 Å². The Morgan fingerprint density at radius 3 is 2.71 bits per heavy atom. The number of anilines is 1. The average Bonchev–Trinajstić information content (AvgIpc) is 3.17. The second kappa shape index (κ2) is 8.42. The summed E-state index contributed by atoms with van der Waals surface area (Å²) >= 11 is 0. The molecule has 2 saturated heterocycles. The molecule has 164 valence electrons. The summed E-state index contributed by atoms with van der Waals surface area (Å²) in [5.74, 6) is 0.869. The van der Waals surface area contributed by atoms with Crippen LogP contribution in [0.1, 0.15) is 42.5 Å². The number of carbonyl (C=O) groups is 1. The van der Waals surface area contributed by atoms with Crippen LogP contribution < -0.4 is 10.5 Å². The molecule has 0 radical (unpaired) electrons. The van der Waals surface area contributed by atoms with Gasteiger partial charge in [-0.3, -0.25) is 19.6 Å². The van der Waals surface area contributed by atoms with Gasteiger partial charge < -0.3 is 14.5 Å². The standard InChI is InChI=1S/C23H29N5O3/c29-19(4-3-17-2-1-9-24-16-17)27-10-7-23(8-11-27)6-5-18-20(23)25-22(26-21(18)30)28-12-14-31-15-13-28/h1-2,9,16H,3-8,10-15H2,(H,25,26,30). The number of likely N-dealkylation sites (tertiary alicyclic amines) is 1. The molecule has 2 aromatic rings. The second-order valence-corrected chi connectivity index (χ2v) is 8.84. The number of carbonyl (C=O) groups excluding carboxylic acids is 1. The van der Waals surface area contributed by atoms with Crippen molar-refractivity contribution in [2.75, 3.05) is 44.3 Å². The Bertz CT molecular complexity index is 992. The van der Waals surface area contributed by atoms with Crippen LogP contribution in [0.25, 0.3) is 0 Å². The number of aromatic nitrogens is 3. The first-order valence-electron chi connectivity index (χ1n) is 11.3. The molecule has 1 N–H and O–H groups in total. The number of pyridine rings is 1. The molecule has 1 amide bonds. The van der Waals surface area contributed by atoms with E-state index in [0.29, 0.717) is 25.6 Å². The zero-order chi connectivity index (χ0) is 21.3. The van der Waals surface area contributed by atoms with Gasteiger partial charge in [0.05, 0.1) is 18.9 Å². The van der Waals surface area contributed by atoms with Crippen LogP contribution in [0.5, 0.6) is 0 Å². The monoisotopic (exact) mass is 423 g/mol. The number of amides is 1. The average molecular weight is 424 g/mol. The van der Waals surface area contributed by atoms with Gasteiger partial charge in [0, 0.05) is 56.0 Å². The fourth-order valence-electron chi connectivity index (χ4n) is 5.19. The number of aryl methyl sites for hydroxylation is 1. The van der Waals surface area contributed by atoms with Crippen LogP contribution in [0.2, 0.25) is 0 Å². The first-order valence-corrected chi connectivity index (χ1v) is 11.3. The van der Waals surface area contributed by atoms with Crippen molar-refractivity contribution >= 4 is 11.9 Å². The van der Waals surface area contributed by atoms with Gasteiger partial charge in [0.25, 0.3) is 5.56 Å². The van der Waals surface area contributed by atoms with Crippen molar-refractivity contribution in [2.24, 2.45) is 0 Å². The van der Waals surface area contributed by atoms with Crippen LogP contribution in [0, 0.1) is 0 Å². The normalized spacial score (nSPS) is 20.1. The van der Waals surface area contributed by atoms with Crippen molar-refractivity contribution in [3.05, 3.63) is 51.7 Å². The third kappa shape index (κ3) is 3.96. The molecule has 8 nitrogen and oxygen atoms in total. The highest BCUT2D eigenvalue weighted by atomic mass is 16.5. The lowest BCUT2D eigenvalue weighted by molar-refractivity contribution is -0.132. The molecule has 0 saturated carbocycles. The highest BCUT2D eigenvalue weighted by Gasteiger charge is 2.44. The van der Waals surface area contributed by atoms with E-state index >= 15 is 0 Å². The molecule has 2 fully saturated rings. The first kappa shape index (κ1) is 20.2. The number of ether oxygens (including phenoxy) is 1. The topological polar surface area (TPSA) is 91.4 Å². The zero-order valence-electron chi connectivity index (χ0n) is 17.8. The smallest absolute Gasteiger partial charge is 0.255 e. The molecular formula is C23H29N5O3. The Kier molecular flexibility index (Phi) is 5.48. The van der Waals surface area contributed by atoms with E-state index in [4.69, 9.17) is 9.72 Å². The molecule has 0 unspecified atom stereocenters. The molecule has 0 bridgehead atoms. The molecule has 2 aliphatic heterocycles. The van der Waals surface area contributed by atoms with E-state index in [1.807, 2.05) is 23.2 Å². The lowest BCUT2D eigenvalue weighted by Gasteiger charge is -2.39. The van der Waals surface area contributed by atoms with Crippen LogP contribution in [-0.4, -0.2) is 65.2 Å². The summed E-state index contributed by atoms with van der Waals surface area (Å²) in [7, 11) is 0. The minimum Gasteiger partial charge on any atom is -0.378 e. The number of H-pyrrole nitrogens is 1. The summed E-state index contributed by atoms with van der Waals surface area (Å²) in [6, 6.07) is 3.91. The van der Waals surface area contributed by atoms with Gasteiger partial charge in [-0.15, -0.1) is 0 Å². The number of aromatic amines is 1. The van der Waals surface area contributed by atoms with E-state index < -0.39 is 0 Å². The van der Waals surface area contributed by atoms with Gasteiger partial charge in [0.2, 0.25) is 11.9 Å². The fourth-order valence-corrected chi connectivity index (χ4v) is 5.19. The van der Waals surface area contributed by atoms with Gasteiger partial charge >= 0.3 is 0 Å². The minimum absolute atomic E-state index is 0.00153.